The Bertz CT molecular complexity index is 256. The van der Waals surface area contributed by atoms with Crippen LogP contribution in [0, 0.1) is 5.92 Å². The second kappa shape index (κ2) is 3.81. The molecule has 0 aromatic carbocycles. The normalized spacial score (nSPS) is 24.5. The zero-order chi connectivity index (χ0) is 9.10. The maximum atomic E-state index is 6.07. The zero-order valence-corrected chi connectivity index (χ0v) is 7.48. The van der Waals surface area contributed by atoms with Gasteiger partial charge in [-0.3, -0.25) is 0 Å². The average molecular weight is 178 g/mol. The molecule has 13 heavy (non-hydrogen) atoms. The molecule has 2 unspecified atom stereocenters. The second-order valence-electron chi connectivity index (χ2n) is 3.41. The Balaban J connectivity index is 2.08. The van der Waals surface area contributed by atoms with E-state index < -0.39 is 0 Å². The van der Waals surface area contributed by atoms with Crippen molar-refractivity contribution in [2.24, 2.45) is 11.7 Å². The predicted molar refractivity (Wildman–Crippen MR) is 49.9 cm³/mol. The first-order valence-corrected chi connectivity index (χ1v) is 4.60. The number of hydrogen-bond donors (Lipinski definition) is 2. The van der Waals surface area contributed by atoms with Crippen LogP contribution in [-0.2, 0) is 0 Å². The number of rotatable bonds is 2. The molecule has 1 aliphatic heterocycles. The van der Waals surface area contributed by atoms with Crippen LogP contribution in [0.5, 0.6) is 0 Å². The average Bonchev–Trinajstić information content (AvgIpc) is 2.71. The summed E-state index contributed by atoms with van der Waals surface area (Å²) in [4.78, 5) is 8.03. The molecule has 1 aromatic rings. The molecule has 4 heteroatoms. The van der Waals surface area contributed by atoms with Gasteiger partial charge in [0, 0.05) is 6.20 Å². The van der Waals surface area contributed by atoms with Gasteiger partial charge in [-0.1, -0.05) is 0 Å². The smallest absolute Gasteiger partial charge is 0.115 e. The van der Waals surface area contributed by atoms with E-state index in [1.807, 2.05) is 6.07 Å². The molecule has 1 aliphatic rings. The van der Waals surface area contributed by atoms with Gasteiger partial charge < -0.3 is 11.1 Å². The molecule has 2 heterocycles. The molecule has 0 radical (unpaired) electrons. The molecule has 0 spiro atoms. The van der Waals surface area contributed by atoms with Crippen LogP contribution >= 0.6 is 0 Å². The molecule has 2 rings (SSSR count). The van der Waals surface area contributed by atoms with Crippen molar-refractivity contribution in [2.75, 3.05) is 13.1 Å². The van der Waals surface area contributed by atoms with Crippen LogP contribution in [0.1, 0.15) is 18.2 Å². The SMILES string of the molecule is NC(c1ccncn1)C1CCNC1. The highest BCUT2D eigenvalue weighted by Gasteiger charge is 2.23. The number of nitrogens with two attached hydrogens (primary N) is 1. The van der Waals surface area contributed by atoms with Crippen LogP contribution in [0.25, 0.3) is 0 Å². The molecule has 0 amide bonds. The second-order valence-corrected chi connectivity index (χ2v) is 3.41. The van der Waals surface area contributed by atoms with Crippen LogP contribution in [-0.4, -0.2) is 23.1 Å². The van der Waals surface area contributed by atoms with Gasteiger partial charge in [0.2, 0.25) is 0 Å². The minimum Gasteiger partial charge on any atom is -0.322 e. The Hall–Kier alpha value is -1.00. The van der Waals surface area contributed by atoms with Crippen LogP contribution in [0.15, 0.2) is 18.6 Å². The van der Waals surface area contributed by atoms with Gasteiger partial charge in [-0.25, -0.2) is 9.97 Å². The van der Waals surface area contributed by atoms with Crippen LogP contribution in [0.3, 0.4) is 0 Å². The molecule has 1 saturated heterocycles. The minimum absolute atomic E-state index is 0.0537. The molecule has 4 nitrogen and oxygen atoms in total. The Kier molecular flexibility index (Phi) is 2.52. The first kappa shape index (κ1) is 8.59. The molecular weight excluding hydrogens is 164 g/mol. The quantitative estimate of drug-likeness (QED) is 0.673. The van der Waals surface area contributed by atoms with Gasteiger partial charge >= 0.3 is 0 Å². The molecule has 70 valence electrons. The lowest BCUT2D eigenvalue weighted by molar-refractivity contribution is 0.460. The van der Waals surface area contributed by atoms with E-state index in [-0.39, 0.29) is 6.04 Å². The third-order valence-corrected chi connectivity index (χ3v) is 2.55. The Morgan fingerprint density at radius 2 is 2.54 bits per heavy atom. The topological polar surface area (TPSA) is 63.8 Å². The molecular formula is C9H14N4. The van der Waals surface area contributed by atoms with Gasteiger partial charge in [-0.05, 0) is 31.5 Å². The molecule has 0 bridgehead atoms. The van der Waals surface area contributed by atoms with Crippen molar-refractivity contribution in [3.05, 3.63) is 24.3 Å². The molecule has 0 saturated carbocycles. The largest absolute Gasteiger partial charge is 0.322 e. The Labute approximate surface area is 77.6 Å². The first-order valence-electron chi connectivity index (χ1n) is 4.60. The number of hydrogen-bond acceptors (Lipinski definition) is 4. The molecule has 2 atom stereocenters. The summed E-state index contributed by atoms with van der Waals surface area (Å²) < 4.78 is 0. The third kappa shape index (κ3) is 1.84. The van der Waals surface area contributed by atoms with E-state index in [1.165, 1.54) is 0 Å². The van der Waals surface area contributed by atoms with E-state index in [0.29, 0.717) is 5.92 Å². The Morgan fingerprint density at radius 3 is 3.15 bits per heavy atom. The van der Waals surface area contributed by atoms with Crippen molar-refractivity contribution in [1.82, 2.24) is 15.3 Å². The summed E-state index contributed by atoms with van der Waals surface area (Å²) in [6.45, 7) is 2.08. The lowest BCUT2D eigenvalue weighted by Gasteiger charge is -2.16. The molecule has 3 N–H and O–H groups in total. The summed E-state index contributed by atoms with van der Waals surface area (Å²) >= 11 is 0. The maximum absolute atomic E-state index is 6.07. The third-order valence-electron chi connectivity index (χ3n) is 2.55. The number of aromatic nitrogens is 2. The summed E-state index contributed by atoms with van der Waals surface area (Å²) in [6.07, 6.45) is 4.44. The standard InChI is InChI=1S/C9H14N4/c10-9(7-1-3-11-5-7)8-2-4-12-6-13-8/h2,4,6-7,9,11H,1,3,5,10H2. The summed E-state index contributed by atoms with van der Waals surface area (Å²) in [5.41, 5.74) is 7.02. The van der Waals surface area contributed by atoms with Gasteiger partial charge in [-0.2, -0.15) is 0 Å². The van der Waals surface area contributed by atoms with Gasteiger partial charge in [0.1, 0.15) is 6.33 Å². The summed E-state index contributed by atoms with van der Waals surface area (Å²) in [7, 11) is 0. The van der Waals surface area contributed by atoms with Crippen molar-refractivity contribution in [3.63, 3.8) is 0 Å². The van der Waals surface area contributed by atoms with Gasteiger partial charge in [0.05, 0.1) is 11.7 Å². The van der Waals surface area contributed by atoms with Gasteiger partial charge in [0.25, 0.3) is 0 Å². The highest BCUT2D eigenvalue weighted by Crippen LogP contribution is 2.22. The Morgan fingerprint density at radius 1 is 1.62 bits per heavy atom. The van der Waals surface area contributed by atoms with Gasteiger partial charge in [0.15, 0.2) is 0 Å². The highest BCUT2D eigenvalue weighted by atomic mass is 14.9. The van der Waals surface area contributed by atoms with Crippen molar-refractivity contribution in [3.8, 4) is 0 Å². The fourth-order valence-corrected chi connectivity index (χ4v) is 1.72. The lowest BCUT2D eigenvalue weighted by atomic mass is 9.97. The summed E-state index contributed by atoms with van der Waals surface area (Å²) in [5.74, 6) is 0.523. The van der Waals surface area contributed by atoms with E-state index >= 15 is 0 Å². The monoisotopic (exact) mass is 178 g/mol. The first-order chi connectivity index (χ1) is 6.38. The lowest BCUT2D eigenvalue weighted by Crippen LogP contribution is -2.24. The van der Waals surface area contributed by atoms with E-state index in [4.69, 9.17) is 5.73 Å². The number of nitrogens with one attached hydrogen (secondary N) is 1. The number of nitrogens with zero attached hydrogens (tertiary/aromatic N) is 2. The minimum atomic E-state index is 0.0537. The van der Waals surface area contributed by atoms with Crippen LogP contribution < -0.4 is 11.1 Å². The van der Waals surface area contributed by atoms with Crippen LogP contribution in [0.2, 0.25) is 0 Å². The van der Waals surface area contributed by atoms with Crippen LogP contribution in [0.4, 0.5) is 0 Å². The van der Waals surface area contributed by atoms with Gasteiger partial charge in [-0.15, -0.1) is 0 Å². The van der Waals surface area contributed by atoms with Crippen molar-refractivity contribution in [2.45, 2.75) is 12.5 Å². The summed E-state index contributed by atoms with van der Waals surface area (Å²) in [5, 5.41) is 3.30. The zero-order valence-electron chi connectivity index (χ0n) is 7.48. The van der Waals surface area contributed by atoms with Crippen molar-refractivity contribution < 1.29 is 0 Å². The predicted octanol–water partition coefficient (Wildman–Crippen LogP) is 0.0859. The van der Waals surface area contributed by atoms with Crippen molar-refractivity contribution in [1.29, 1.82) is 0 Å². The fraction of sp³-hybridized carbons (Fsp3) is 0.556. The van der Waals surface area contributed by atoms with E-state index in [1.54, 1.807) is 12.5 Å². The van der Waals surface area contributed by atoms with E-state index in [9.17, 15) is 0 Å². The molecule has 1 fully saturated rings. The molecule has 0 aliphatic carbocycles. The maximum Gasteiger partial charge on any atom is 0.115 e. The van der Waals surface area contributed by atoms with E-state index in [0.717, 1.165) is 25.2 Å². The van der Waals surface area contributed by atoms with Crippen molar-refractivity contribution >= 4 is 0 Å². The highest BCUT2D eigenvalue weighted by molar-refractivity contribution is 5.06. The molecule has 1 aromatic heterocycles. The van der Waals surface area contributed by atoms with E-state index in [2.05, 4.69) is 15.3 Å². The fourth-order valence-electron chi connectivity index (χ4n) is 1.72. The summed E-state index contributed by atoms with van der Waals surface area (Å²) in [6, 6.07) is 1.95.